The van der Waals surface area contributed by atoms with Crippen LogP contribution >= 0.6 is 15.9 Å². The van der Waals surface area contributed by atoms with Crippen LogP contribution in [0.5, 0.6) is 0 Å². The minimum absolute atomic E-state index is 0.957. The molecule has 1 aromatic rings. The van der Waals surface area contributed by atoms with Gasteiger partial charge in [0.05, 0.1) is 0 Å². The van der Waals surface area contributed by atoms with Crippen molar-refractivity contribution in [1.29, 1.82) is 0 Å². The SMILES string of the molecule is Cc1cc(N2CCCCC2)ccc1CBr. The van der Waals surface area contributed by atoms with Gasteiger partial charge in [0.2, 0.25) is 0 Å². The number of benzene rings is 1. The van der Waals surface area contributed by atoms with Gasteiger partial charge in [-0.25, -0.2) is 0 Å². The zero-order valence-electron chi connectivity index (χ0n) is 9.30. The Labute approximate surface area is 101 Å². The predicted molar refractivity (Wildman–Crippen MR) is 69.9 cm³/mol. The van der Waals surface area contributed by atoms with E-state index in [1.165, 1.54) is 49.2 Å². The maximum atomic E-state index is 3.52. The number of aryl methyl sites for hydroxylation is 1. The largest absolute Gasteiger partial charge is 0.372 e. The Kier molecular flexibility index (Phi) is 3.68. The van der Waals surface area contributed by atoms with Gasteiger partial charge < -0.3 is 4.90 Å². The molecule has 1 aromatic carbocycles. The van der Waals surface area contributed by atoms with Gasteiger partial charge in [0.1, 0.15) is 0 Å². The summed E-state index contributed by atoms with van der Waals surface area (Å²) in [4.78, 5) is 2.51. The zero-order valence-corrected chi connectivity index (χ0v) is 10.9. The highest BCUT2D eigenvalue weighted by atomic mass is 79.9. The van der Waals surface area contributed by atoms with Crippen molar-refractivity contribution < 1.29 is 0 Å². The second-order valence-corrected chi connectivity index (χ2v) is 4.85. The van der Waals surface area contributed by atoms with Crippen LogP contribution in [0, 0.1) is 6.92 Å². The lowest BCUT2D eigenvalue weighted by Gasteiger charge is -2.29. The first kappa shape index (κ1) is 11.0. The first-order valence-electron chi connectivity index (χ1n) is 5.71. The van der Waals surface area contributed by atoms with Crippen LogP contribution < -0.4 is 4.90 Å². The summed E-state index contributed by atoms with van der Waals surface area (Å²) in [5.74, 6) is 0. The number of nitrogens with zero attached hydrogens (tertiary/aromatic N) is 1. The normalized spacial score (nSPS) is 16.8. The maximum absolute atomic E-state index is 3.52. The van der Waals surface area contributed by atoms with Crippen LogP contribution in [0.1, 0.15) is 30.4 Å². The average Bonchev–Trinajstić information content (AvgIpc) is 2.30. The topological polar surface area (TPSA) is 3.24 Å². The number of anilines is 1. The monoisotopic (exact) mass is 267 g/mol. The van der Waals surface area contributed by atoms with E-state index in [0.717, 1.165) is 5.33 Å². The molecule has 0 bridgehead atoms. The van der Waals surface area contributed by atoms with E-state index >= 15 is 0 Å². The highest BCUT2D eigenvalue weighted by Gasteiger charge is 2.11. The van der Waals surface area contributed by atoms with Crippen molar-refractivity contribution >= 4 is 21.6 Å². The van der Waals surface area contributed by atoms with E-state index in [9.17, 15) is 0 Å². The molecule has 0 radical (unpaired) electrons. The molecule has 0 aromatic heterocycles. The Balaban J connectivity index is 2.17. The predicted octanol–water partition coefficient (Wildman–Crippen LogP) is 3.88. The zero-order chi connectivity index (χ0) is 10.7. The Morgan fingerprint density at radius 1 is 1.20 bits per heavy atom. The number of piperidine rings is 1. The minimum atomic E-state index is 0.957. The Morgan fingerprint density at radius 2 is 1.93 bits per heavy atom. The molecule has 1 fully saturated rings. The second kappa shape index (κ2) is 5.02. The van der Waals surface area contributed by atoms with Gasteiger partial charge in [0, 0.05) is 24.1 Å². The third-order valence-electron chi connectivity index (χ3n) is 3.19. The summed E-state index contributed by atoms with van der Waals surface area (Å²) in [6.07, 6.45) is 4.09. The van der Waals surface area contributed by atoms with Gasteiger partial charge in [-0.05, 0) is 49.4 Å². The fourth-order valence-corrected chi connectivity index (χ4v) is 2.81. The molecule has 1 aliphatic rings. The third-order valence-corrected chi connectivity index (χ3v) is 3.80. The highest BCUT2D eigenvalue weighted by Crippen LogP contribution is 2.23. The fourth-order valence-electron chi connectivity index (χ4n) is 2.18. The lowest BCUT2D eigenvalue weighted by atomic mass is 10.1. The van der Waals surface area contributed by atoms with Crippen molar-refractivity contribution in [2.24, 2.45) is 0 Å². The van der Waals surface area contributed by atoms with E-state index in [2.05, 4.69) is 46.0 Å². The van der Waals surface area contributed by atoms with Crippen LogP contribution in [-0.2, 0) is 5.33 Å². The highest BCUT2D eigenvalue weighted by molar-refractivity contribution is 9.08. The maximum Gasteiger partial charge on any atom is 0.0369 e. The van der Waals surface area contributed by atoms with Crippen LogP contribution in [0.2, 0.25) is 0 Å². The summed E-state index contributed by atoms with van der Waals surface area (Å²) in [5, 5.41) is 0.957. The first-order valence-corrected chi connectivity index (χ1v) is 6.84. The number of alkyl halides is 1. The molecular formula is C13H18BrN. The molecule has 0 saturated carbocycles. The Morgan fingerprint density at radius 3 is 2.53 bits per heavy atom. The van der Waals surface area contributed by atoms with E-state index in [-0.39, 0.29) is 0 Å². The molecule has 0 N–H and O–H groups in total. The van der Waals surface area contributed by atoms with Crippen molar-refractivity contribution in [3.8, 4) is 0 Å². The molecule has 1 saturated heterocycles. The molecular weight excluding hydrogens is 250 g/mol. The number of hydrogen-bond donors (Lipinski definition) is 0. The lowest BCUT2D eigenvalue weighted by Crippen LogP contribution is -2.29. The van der Waals surface area contributed by atoms with Crippen LogP contribution in [0.4, 0.5) is 5.69 Å². The Bertz CT molecular complexity index is 329. The number of halogens is 1. The van der Waals surface area contributed by atoms with Crippen molar-refractivity contribution in [3.05, 3.63) is 29.3 Å². The van der Waals surface area contributed by atoms with E-state index in [0.29, 0.717) is 0 Å². The quantitative estimate of drug-likeness (QED) is 0.736. The molecule has 0 spiro atoms. The number of rotatable bonds is 2. The molecule has 0 aliphatic carbocycles. The molecule has 2 rings (SSSR count). The van der Waals surface area contributed by atoms with Gasteiger partial charge in [-0.1, -0.05) is 22.0 Å². The number of hydrogen-bond acceptors (Lipinski definition) is 1. The standard InChI is InChI=1S/C13H18BrN/c1-11-9-13(6-5-12(11)10-14)15-7-3-2-4-8-15/h5-6,9H,2-4,7-8,10H2,1H3. The van der Waals surface area contributed by atoms with E-state index in [1.807, 2.05) is 0 Å². The third kappa shape index (κ3) is 2.54. The van der Waals surface area contributed by atoms with Gasteiger partial charge in [-0.2, -0.15) is 0 Å². The molecule has 1 aliphatic heterocycles. The van der Waals surface area contributed by atoms with Crippen LogP contribution in [0.15, 0.2) is 18.2 Å². The van der Waals surface area contributed by atoms with Gasteiger partial charge in [0.15, 0.2) is 0 Å². The molecule has 2 heteroatoms. The van der Waals surface area contributed by atoms with Gasteiger partial charge in [0.25, 0.3) is 0 Å². The lowest BCUT2D eigenvalue weighted by molar-refractivity contribution is 0.578. The van der Waals surface area contributed by atoms with Gasteiger partial charge in [-0.15, -0.1) is 0 Å². The smallest absolute Gasteiger partial charge is 0.0369 e. The van der Waals surface area contributed by atoms with E-state index in [1.54, 1.807) is 0 Å². The first-order chi connectivity index (χ1) is 7.31. The van der Waals surface area contributed by atoms with Gasteiger partial charge in [-0.3, -0.25) is 0 Å². The van der Waals surface area contributed by atoms with Crippen LogP contribution in [-0.4, -0.2) is 13.1 Å². The molecule has 0 amide bonds. The molecule has 0 unspecified atom stereocenters. The summed E-state index contributed by atoms with van der Waals surface area (Å²) in [6, 6.07) is 6.82. The minimum Gasteiger partial charge on any atom is -0.372 e. The summed E-state index contributed by atoms with van der Waals surface area (Å²) in [5.41, 5.74) is 4.20. The summed E-state index contributed by atoms with van der Waals surface area (Å²) < 4.78 is 0. The summed E-state index contributed by atoms with van der Waals surface area (Å²) in [7, 11) is 0. The van der Waals surface area contributed by atoms with Crippen molar-refractivity contribution in [1.82, 2.24) is 0 Å². The van der Waals surface area contributed by atoms with E-state index < -0.39 is 0 Å². The van der Waals surface area contributed by atoms with Crippen LogP contribution in [0.25, 0.3) is 0 Å². The fraction of sp³-hybridized carbons (Fsp3) is 0.538. The molecule has 15 heavy (non-hydrogen) atoms. The van der Waals surface area contributed by atoms with Crippen LogP contribution in [0.3, 0.4) is 0 Å². The molecule has 1 heterocycles. The summed E-state index contributed by atoms with van der Waals surface area (Å²) >= 11 is 3.52. The van der Waals surface area contributed by atoms with Crippen molar-refractivity contribution in [3.63, 3.8) is 0 Å². The molecule has 1 nitrogen and oxygen atoms in total. The Hall–Kier alpha value is -0.500. The molecule has 82 valence electrons. The van der Waals surface area contributed by atoms with Gasteiger partial charge >= 0.3 is 0 Å². The van der Waals surface area contributed by atoms with E-state index in [4.69, 9.17) is 0 Å². The van der Waals surface area contributed by atoms with Crippen molar-refractivity contribution in [2.75, 3.05) is 18.0 Å². The second-order valence-electron chi connectivity index (χ2n) is 4.29. The summed E-state index contributed by atoms with van der Waals surface area (Å²) in [6.45, 7) is 4.66. The molecule has 0 atom stereocenters. The average molecular weight is 268 g/mol. The van der Waals surface area contributed by atoms with Crippen molar-refractivity contribution in [2.45, 2.75) is 31.5 Å².